The van der Waals surface area contributed by atoms with Crippen LogP contribution < -0.4 is 0 Å². The number of fused-ring (bicyclic) bond motifs is 1. The van der Waals surface area contributed by atoms with Crippen molar-refractivity contribution in [3.63, 3.8) is 0 Å². The Morgan fingerprint density at radius 3 is 2.91 bits per heavy atom. The third kappa shape index (κ3) is 2.58. The molecule has 0 radical (unpaired) electrons. The Hall–Kier alpha value is -1.98. The molecule has 0 aliphatic rings. The van der Waals surface area contributed by atoms with Crippen LogP contribution in [0.5, 0.6) is 0 Å². The highest BCUT2D eigenvalue weighted by molar-refractivity contribution is 9.10. The van der Waals surface area contributed by atoms with Gasteiger partial charge in [0, 0.05) is 39.6 Å². The van der Waals surface area contributed by atoms with Crippen molar-refractivity contribution in [3.05, 3.63) is 69.2 Å². The minimum atomic E-state index is 0.871. The molecule has 0 unspecified atom stereocenters. The van der Waals surface area contributed by atoms with Crippen molar-refractivity contribution in [2.24, 2.45) is 0 Å². The minimum Gasteiger partial charge on any atom is -0.345 e. The first-order chi connectivity index (χ1) is 10.8. The lowest BCUT2D eigenvalue weighted by Gasteiger charge is -1.97. The SMILES string of the molecule is Brc1cnc2[nH]cc(-c3csc(Cc4ccccc4)n3)c2c1. The van der Waals surface area contributed by atoms with Gasteiger partial charge in [0.25, 0.3) is 0 Å². The normalized spacial score (nSPS) is 11.1. The quantitative estimate of drug-likeness (QED) is 0.549. The van der Waals surface area contributed by atoms with Crippen LogP contribution >= 0.6 is 27.3 Å². The minimum absolute atomic E-state index is 0.871. The van der Waals surface area contributed by atoms with Crippen molar-refractivity contribution in [2.45, 2.75) is 6.42 Å². The summed E-state index contributed by atoms with van der Waals surface area (Å²) >= 11 is 5.18. The molecule has 108 valence electrons. The number of hydrogen-bond acceptors (Lipinski definition) is 3. The maximum absolute atomic E-state index is 4.78. The number of halogens is 1. The Morgan fingerprint density at radius 2 is 2.05 bits per heavy atom. The van der Waals surface area contributed by atoms with Gasteiger partial charge >= 0.3 is 0 Å². The smallest absolute Gasteiger partial charge is 0.137 e. The zero-order valence-electron chi connectivity index (χ0n) is 11.6. The molecular formula is C17H12BrN3S. The third-order valence-electron chi connectivity index (χ3n) is 3.52. The van der Waals surface area contributed by atoms with Gasteiger partial charge in [-0.1, -0.05) is 30.3 Å². The van der Waals surface area contributed by atoms with E-state index >= 15 is 0 Å². The van der Waals surface area contributed by atoms with Crippen LogP contribution in [0.25, 0.3) is 22.3 Å². The van der Waals surface area contributed by atoms with Crippen LogP contribution in [0, 0.1) is 0 Å². The van der Waals surface area contributed by atoms with Crippen LogP contribution in [0.1, 0.15) is 10.6 Å². The molecule has 3 aromatic heterocycles. The molecule has 3 heterocycles. The number of aromatic nitrogens is 3. The first-order valence-electron chi connectivity index (χ1n) is 6.91. The van der Waals surface area contributed by atoms with Crippen LogP contribution in [0.3, 0.4) is 0 Å². The van der Waals surface area contributed by atoms with E-state index in [2.05, 4.69) is 61.6 Å². The first-order valence-corrected chi connectivity index (χ1v) is 8.58. The molecular weight excluding hydrogens is 358 g/mol. The predicted octanol–water partition coefficient (Wildman–Crippen LogP) is 5.04. The van der Waals surface area contributed by atoms with Gasteiger partial charge in [0.1, 0.15) is 5.65 Å². The number of hydrogen-bond donors (Lipinski definition) is 1. The number of rotatable bonds is 3. The number of benzene rings is 1. The van der Waals surface area contributed by atoms with Gasteiger partial charge in [-0.15, -0.1) is 11.3 Å². The Morgan fingerprint density at radius 1 is 1.18 bits per heavy atom. The van der Waals surface area contributed by atoms with E-state index in [-0.39, 0.29) is 0 Å². The molecule has 5 heteroatoms. The molecule has 0 atom stereocenters. The van der Waals surface area contributed by atoms with Gasteiger partial charge in [0.05, 0.1) is 10.7 Å². The lowest BCUT2D eigenvalue weighted by molar-refractivity contribution is 1.14. The highest BCUT2D eigenvalue weighted by Crippen LogP contribution is 2.30. The summed E-state index contributed by atoms with van der Waals surface area (Å²) in [5.74, 6) is 0. The summed E-state index contributed by atoms with van der Waals surface area (Å²) in [6.45, 7) is 0. The Kier molecular flexibility index (Phi) is 3.52. The number of H-pyrrole nitrogens is 1. The van der Waals surface area contributed by atoms with Crippen LogP contribution in [0.2, 0.25) is 0 Å². The lowest BCUT2D eigenvalue weighted by atomic mass is 10.1. The van der Waals surface area contributed by atoms with E-state index in [1.807, 2.05) is 12.3 Å². The fourth-order valence-corrected chi connectivity index (χ4v) is 3.64. The van der Waals surface area contributed by atoms with Crippen LogP contribution in [-0.2, 0) is 6.42 Å². The predicted molar refractivity (Wildman–Crippen MR) is 94.1 cm³/mol. The van der Waals surface area contributed by atoms with E-state index < -0.39 is 0 Å². The molecule has 4 aromatic rings. The molecule has 3 nitrogen and oxygen atoms in total. The van der Waals surface area contributed by atoms with Crippen molar-refractivity contribution >= 4 is 38.3 Å². The van der Waals surface area contributed by atoms with Crippen molar-refractivity contribution < 1.29 is 0 Å². The molecule has 0 aliphatic heterocycles. The fraction of sp³-hybridized carbons (Fsp3) is 0.0588. The molecule has 0 bridgehead atoms. The highest BCUT2D eigenvalue weighted by Gasteiger charge is 2.11. The van der Waals surface area contributed by atoms with Crippen LogP contribution in [0.4, 0.5) is 0 Å². The van der Waals surface area contributed by atoms with Gasteiger partial charge in [-0.2, -0.15) is 0 Å². The van der Waals surface area contributed by atoms with Gasteiger partial charge < -0.3 is 4.98 Å². The molecule has 0 spiro atoms. The molecule has 0 aliphatic carbocycles. The number of pyridine rings is 1. The second-order valence-corrected chi connectivity index (χ2v) is 6.90. The average Bonchev–Trinajstić information content (AvgIpc) is 3.14. The van der Waals surface area contributed by atoms with Gasteiger partial charge in [-0.3, -0.25) is 0 Å². The van der Waals surface area contributed by atoms with E-state index in [0.29, 0.717) is 0 Å². The molecule has 0 fully saturated rings. The first kappa shape index (κ1) is 13.7. The Labute approximate surface area is 140 Å². The van der Waals surface area contributed by atoms with E-state index in [1.165, 1.54) is 5.56 Å². The Bertz CT molecular complexity index is 927. The lowest BCUT2D eigenvalue weighted by Crippen LogP contribution is -1.86. The highest BCUT2D eigenvalue weighted by atomic mass is 79.9. The topological polar surface area (TPSA) is 41.6 Å². The largest absolute Gasteiger partial charge is 0.345 e. The van der Waals surface area contributed by atoms with Crippen molar-refractivity contribution in [1.82, 2.24) is 15.0 Å². The summed E-state index contributed by atoms with van der Waals surface area (Å²) in [7, 11) is 0. The Balaban J connectivity index is 1.69. The molecule has 0 amide bonds. The summed E-state index contributed by atoms with van der Waals surface area (Å²) in [5, 5.41) is 4.33. The average molecular weight is 370 g/mol. The van der Waals surface area contributed by atoms with Crippen molar-refractivity contribution in [3.8, 4) is 11.3 Å². The monoisotopic (exact) mass is 369 g/mol. The molecule has 22 heavy (non-hydrogen) atoms. The van der Waals surface area contributed by atoms with Gasteiger partial charge in [0.15, 0.2) is 0 Å². The second-order valence-electron chi connectivity index (χ2n) is 5.04. The van der Waals surface area contributed by atoms with E-state index in [1.54, 1.807) is 17.5 Å². The third-order valence-corrected chi connectivity index (χ3v) is 4.81. The van der Waals surface area contributed by atoms with Gasteiger partial charge in [0.2, 0.25) is 0 Å². The zero-order valence-corrected chi connectivity index (χ0v) is 14.0. The van der Waals surface area contributed by atoms with Crippen LogP contribution in [0.15, 0.2) is 58.6 Å². The molecule has 0 saturated heterocycles. The standard InChI is InChI=1S/C17H12BrN3S/c18-12-7-13-14(9-20-17(13)19-8-12)15-10-22-16(21-15)6-11-4-2-1-3-5-11/h1-5,7-10H,6H2,(H,19,20). The summed E-state index contributed by atoms with van der Waals surface area (Å²) < 4.78 is 0.973. The van der Waals surface area contributed by atoms with Crippen molar-refractivity contribution in [1.29, 1.82) is 0 Å². The molecule has 0 saturated carbocycles. The fourth-order valence-electron chi connectivity index (χ4n) is 2.48. The van der Waals surface area contributed by atoms with Crippen LogP contribution in [-0.4, -0.2) is 15.0 Å². The van der Waals surface area contributed by atoms with Gasteiger partial charge in [-0.05, 0) is 27.6 Å². The number of nitrogens with one attached hydrogen (secondary N) is 1. The number of aromatic amines is 1. The summed E-state index contributed by atoms with van der Waals surface area (Å²) in [5.41, 5.74) is 4.27. The van der Waals surface area contributed by atoms with E-state index in [9.17, 15) is 0 Å². The summed E-state index contributed by atoms with van der Waals surface area (Å²) in [4.78, 5) is 12.4. The molecule has 1 aromatic carbocycles. The maximum atomic E-state index is 4.78. The van der Waals surface area contributed by atoms with E-state index in [4.69, 9.17) is 4.98 Å². The second kappa shape index (κ2) is 5.66. The van der Waals surface area contributed by atoms with Crippen molar-refractivity contribution in [2.75, 3.05) is 0 Å². The summed E-state index contributed by atoms with van der Waals surface area (Å²) in [6, 6.07) is 12.5. The number of nitrogens with zero attached hydrogens (tertiary/aromatic N) is 2. The molecule has 4 rings (SSSR count). The number of thiazole rings is 1. The zero-order chi connectivity index (χ0) is 14.9. The summed E-state index contributed by atoms with van der Waals surface area (Å²) in [6.07, 6.45) is 4.64. The van der Waals surface area contributed by atoms with Gasteiger partial charge in [-0.25, -0.2) is 9.97 Å². The maximum Gasteiger partial charge on any atom is 0.137 e. The molecule has 1 N–H and O–H groups in total. The van der Waals surface area contributed by atoms with E-state index in [0.717, 1.165) is 38.2 Å².